The Labute approximate surface area is 153 Å². The lowest BCUT2D eigenvalue weighted by molar-refractivity contribution is -0.0708. The number of H-pyrrole nitrogens is 1. The van der Waals surface area contributed by atoms with Crippen LogP contribution in [0.3, 0.4) is 0 Å². The Balaban J connectivity index is 1.79. The molecular formula is C20H25N3O3. The number of hydrogen-bond donors (Lipinski definition) is 1. The van der Waals surface area contributed by atoms with Crippen LogP contribution < -0.4 is 5.56 Å². The van der Waals surface area contributed by atoms with Crippen molar-refractivity contribution >= 4 is 5.91 Å². The quantitative estimate of drug-likeness (QED) is 0.909. The zero-order valence-corrected chi connectivity index (χ0v) is 15.4. The molecule has 1 aromatic heterocycles. The van der Waals surface area contributed by atoms with Crippen LogP contribution in [0.2, 0.25) is 0 Å². The summed E-state index contributed by atoms with van der Waals surface area (Å²) in [5.74, 6) is -0.213. The van der Waals surface area contributed by atoms with Crippen LogP contribution in [0.4, 0.5) is 0 Å². The second kappa shape index (κ2) is 7.85. The number of likely N-dealkylation sites (N-methyl/N-ethyl adjacent to an activating group) is 2. The highest BCUT2D eigenvalue weighted by Crippen LogP contribution is 2.28. The molecule has 2 heterocycles. The van der Waals surface area contributed by atoms with E-state index in [4.69, 9.17) is 4.74 Å². The van der Waals surface area contributed by atoms with Gasteiger partial charge in [0.05, 0.1) is 18.8 Å². The number of aromatic nitrogens is 1. The maximum atomic E-state index is 12.7. The summed E-state index contributed by atoms with van der Waals surface area (Å²) >= 11 is 0. The number of amides is 1. The highest BCUT2D eigenvalue weighted by molar-refractivity contribution is 5.92. The molecule has 0 spiro atoms. The summed E-state index contributed by atoms with van der Waals surface area (Å²) in [5, 5.41) is 0. The van der Waals surface area contributed by atoms with Crippen molar-refractivity contribution in [2.24, 2.45) is 0 Å². The predicted octanol–water partition coefficient (Wildman–Crippen LogP) is 1.83. The fourth-order valence-corrected chi connectivity index (χ4v) is 3.49. The number of nitrogens with one attached hydrogen (secondary N) is 1. The van der Waals surface area contributed by atoms with Gasteiger partial charge in [0, 0.05) is 26.2 Å². The van der Waals surface area contributed by atoms with Gasteiger partial charge < -0.3 is 14.6 Å². The molecule has 6 heteroatoms. The lowest BCUT2D eigenvalue weighted by Crippen LogP contribution is -2.48. The van der Waals surface area contributed by atoms with Gasteiger partial charge in [-0.2, -0.15) is 0 Å². The number of carbonyl (C=O) groups excluding carboxylic acids is 1. The average Bonchev–Trinajstić information content (AvgIpc) is 2.61. The van der Waals surface area contributed by atoms with Crippen LogP contribution in [0.25, 0.3) is 0 Å². The van der Waals surface area contributed by atoms with Crippen molar-refractivity contribution in [3.63, 3.8) is 0 Å². The molecule has 1 amide bonds. The number of pyridine rings is 1. The molecule has 0 saturated carbocycles. The number of aryl methyl sites for hydroxylation is 1. The first-order valence-electron chi connectivity index (χ1n) is 8.79. The highest BCUT2D eigenvalue weighted by atomic mass is 16.5. The molecule has 1 saturated heterocycles. The molecule has 0 aliphatic carbocycles. The minimum absolute atomic E-state index is 0.0803. The van der Waals surface area contributed by atoms with E-state index in [2.05, 4.69) is 29.1 Å². The summed E-state index contributed by atoms with van der Waals surface area (Å²) in [5.41, 5.74) is 1.97. The first kappa shape index (κ1) is 18.4. The van der Waals surface area contributed by atoms with Crippen LogP contribution in [-0.4, -0.2) is 60.6 Å². The van der Waals surface area contributed by atoms with Crippen molar-refractivity contribution in [3.05, 3.63) is 69.6 Å². The van der Waals surface area contributed by atoms with E-state index in [1.54, 1.807) is 24.9 Å². The Kier molecular flexibility index (Phi) is 5.54. The van der Waals surface area contributed by atoms with Crippen molar-refractivity contribution in [2.75, 3.05) is 33.8 Å². The van der Waals surface area contributed by atoms with E-state index in [0.717, 1.165) is 12.1 Å². The third-order valence-corrected chi connectivity index (χ3v) is 4.76. The second-order valence-corrected chi connectivity index (χ2v) is 6.87. The van der Waals surface area contributed by atoms with Crippen molar-refractivity contribution in [3.8, 4) is 0 Å². The number of benzene rings is 1. The number of hydrogen-bond acceptors (Lipinski definition) is 4. The van der Waals surface area contributed by atoms with Crippen LogP contribution in [0.5, 0.6) is 0 Å². The molecule has 1 aliphatic rings. The van der Waals surface area contributed by atoms with Crippen molar-refractivity contribution in [1.82, 2.24) is 14.8 Å². The number of ether oxygens (including phenoxy) is 1. The third kappa shape index (κ3) is 4.03. The summed E-state index contributed by atoms with van der Waals surface area (Å²) in [6.07, 6.45) is -0.137. The third-order valence-electron chi connectivity index (χ3n) is 4.76. The first-order chi connectivity index (χ1) is 12.5. The molecule has 0 unspecified atom stereocenters. The molecule has 3 rings (SSSR count). The lowest BCUT2D eigenvalue weighted by atomic mass is 9.98. The van der Waals surface area contributed by atoms with Gasteiger partial charge in [-0.3, -0.25) is 14.5 Å². The molecule has 1 aromatic carbocycles. The molecule has 1 aliphatic heterocycles. The van der Waals surface area contributed by atoms with Crippen LogP contribution in [0.1, 0.15) is 27.7 Å². The van der Waals surface area contributed by atoms with E-state index < -0.39 is 0 Å². The van der Waals surface area contributed by atoms with E-state index in [0.29, 0.717) is 18.8 Å². The molecule has 0 radical (unpaired) electrons. The molecule has 2 aromatic rings. The predicted molar refractivity (Wildman–Crippen MR) is 100 cm³/mol. The molecule has 0 bridgehead atoms. The molecular weight excluding hydrogens is 330 g/mol. The molecule has 1 fully saturated rings. The Morgan fingerprint density at radius 2 is 2.04 bits per heavy atom. The van der Waals surface area contributed by atoms with E-state index >= 15 is 0 Å². The molecule has 26 heavy (non-hydrogen) atoms. The Morgan fingerprint density at radius 1 is 1.31 bits per heavy atom. The Hall–Kier alpha value is -2.44. The standard InChI is InChI=1S/C20H25N3O3/c1-14-11-16(21-18(24)12-14)20(25)23(3)13-17-19(22(2)9-10-26-17)15-7-5-4-6-8-15/h4-8,11-12,17,19H,9-10,13H2,1-3H3,(H,21,24)/t17-,19-/m0/s1. The summed E-state index contributed by atoms with van der Waals surface area (Å²) in [7, 11) is 3.82. The summed E-state index contributed by atoms with van der Waals surface area (Å²) in [6, 6.07) is 13.4. The van der Waals surface area contributed by atoms with Gasteiger partial charge in [-0.05, 0) is 31.2 Å². The molecule has 1 N–H and O–H groups in total. The molecule has 6 nitrogen and oxygen atoms in total. The van der Waals surface area contributed by atoms with Crippen molar-refractivity contribution in [2.45, 2.75) is 19.1 Å². The molecule has 138 valence electrons. The van der Waals surface area contributed by atoms with Gasteiger partial charge >= 0.3 is 0 Å². The average molecular weight is 355 g/mol. The number of carbonyl (C=O) groups is 1. The van der Waals surface area contributed by atoms with Gasteiger partial charge in [0.25, 0.3) is 5.91 Å². The maximum absolute atomic E-state index is 12.7. The van der Waals surface area contributed by atoms with Gasteiger partial charge in [0.1, 0.15) is 5.69 Å². The van der Waals surface area contributed by atoms with Crippen LogP contribution in [0.15, 0.2) is 47.3 Å². The fraction of sp³-hybridized carbons (Fsp3) is 0.400. The van der Waals surface area contributed by atoms with Crippen molar-refractivity contribution < 1.29 is 9.53 Å². The number of aromatic amines is 1. The van der Waals surface area contributed by atoms with Gasteiger partial charge in [-0.1, -0.05) is 30.3 Å². The fourth-order valence-electron chi connectivity index (χ4n) is 3.49. The Morgan fingerprint density at radius 3 is 2.73 bits per heavy atom. The zero-order chi connectivity index (χ0) is 18.7. The summed E-state index contributed by atoms with van der Waals surface area (Å²) in [6.45, 7) is 3.72. The SMILES string of the molecule is Cc1cc(C(=O)N(C)C[C@@H]2OCCN(C)[C@H]2c2ccccc2)[nH]c(=O)c1. The van der Waals surface area contributed by atoms with Crippen LogP contribution in [-0.2, 0) is 4.74 Å². The summed E-state index contributed by atoms with van der Waals surface area (Å²) in [4.78, 5) is 30.9. The van der Waals surface area contributed by atoms with Gasteiger partial charge in [0.15, 0.2) is 0 Å². The maximum Gasteiger partial charge on any atom is 0.270 e. The minimum atomic E-state index is -0.266. The first-order valence-corrected chi connectivity index (χ1v) is 8.79. The lowest BCUT2D eigenvalue weighted by Gasteiger charge is -2.40. The smallest absolute Gasteiger partial charge is 0.270 e. The van der Waals surface area contributed by atoms with Crippen molar-refractivity contribution in [1.29, 1.82) is 0 Å². The van der Waals surface area contributed by atoms with E-state index in [9.17, 15) is 9.59 Å². The van der Waals surface area contributed by atoms with Gasteiger partial charge in [0.2, 0.25) is 5.56 Å². The summed E-state index contributed by atoms with van der Waals surface area (Å²) < 4.78 is 6.01. The van der Waals surface area contributed by atoms with Crippen LogP contribution >= 0.6 is 0 Å². The number of morpholine rings is 1. The zero-order valence-electron chi connectivity index (χ0n) is 15.4. The number of rotatable bonds is 4. The van der Waals surface area contributed by atoms with Gasteiger partial charge in [-0.25, -0.2) is 0 Å². The highest BCUT2D eigenvalue weighted by Gasteiger charge is 2.33. The van der Waals surface area contributed by atoms with E-state index in [-0.39, 0.29) is 23.6 Å². The Bertz CT molecular complexity index is 819. The van der Waals surface area contributed by atoms with Crippen LogP contribution in [0, 0.1) is 6.92 Å². The minimum Gasteiger partial charge on any atom is -0.373 e. The largest absolute Gasteiger partial charge is 0.373 e. The second-order valence-electron chi connectivity index (χ2n) is 6.87. The number of nitrogens with zero attached hydrogens (tertiary/aromatic N) is 2. The van der Waals surface area contributed by atoms with E-state index in [1.165, 1.54) is 11.6 Å². The monoisotopic (exact) mass is 355 g/mol. The topological polar surface area (TPSA) is 65.6 Å². The molecule has 2 atom stereocenters. The van der Waals surface area contributed by atoms with E-state index in [1.807, 2.05) is 18.2 Å². The normalized spacial score (nSPS) is 20.7. The van der Waals surface area contributed by atoms with Gasteiger partial charge in [-0.15, -0.1) is 0 Å².